The molecule has 0 aliphatic heterocycles. The highest BCUT2D eigenvalue weighted by atomic mass is 19.4. The molecule has 0 aliphatic carbocycles. The fourth-order valence-corrected chi connectivity index (χ4v) is 1.43. The quantitative estimate of drug-likeness (QED) is 0.883. The summed E-state index contributed by atoms with van der Waals surface area (Å²) in [6.45, 7) is 0. The molecule has 1 heterocycles. The lowest BCUT2D eigenvalue weighted by atomic mass is 10.1. The molecule has 2 rings (SSSR count). The van der Waals surface area contributed by atoms with Gasteiger partial charge in [-0.2, -0.15) is 13.2 Å². The monoisotopic (exact) mass is 295 g/mol. The first-order valence-corrected chi connectivity index (χ1v) is 5.66. The summed E-state index contributed by atoms with van der Waals surface area (Å²) in [7, 11) is 0. The van der Waals surface area contributed by atoms with E-state index in [0.717, 1.165) is 0 Å². The second kappa shape index (κ2) is 5.70. The average Bonchev–Trinajstić information content (AvgIpc) is 2.47. The van der Waals surface area contributed by atoms with Crippen molar-refractivity contribution in [1.82, 2.24) is 9.97 Å². The van der Waals surface area contributed by atoms with Gasteiger partial charge in [-0.05, 0) is 12.1 Å². The molecule has 1 amide bonds. The predicted octanol–water partition coefficient (Wildman–Crippen LogP) is 2.56. The van der Waals surface area contributed by atoms with Crippen LogP contribution < -0.4 is 5.32 Å². The first-order chi connectivity index (χ1) is 9.90. The molecule has 0 atom stereocenters. The number of benzene rings is 1. The van der Waals surface area contributed by atoms with Crippen molar-refractivity contribution in [1.29, 1.82) is 0 Å². The molecule has 0 spiro atoms. The van der Waals surface area contributed by atoms with Crippen LogP contribution in [0.5, 0.6) is 0 Å². The van der Waals surface area contributed by atoms with Crippen molar-refractivity contribution >= 4 is 18.1 Å². The maximum atomic E-state index is 12.3. The number of nitrogens with zero attached hydrogens (tertiary/aromatic N) is 2. The molecule has 0 aliphatic rings. The Morgan fingerprint density at radius 3 is 2.14 bits per heavy atom. The molecular formula is C13H8F3N3O2. The van der Waals surface area contributed by atoms with Gasteiger partial charge in [-0.1, -0.05) is 12.1 Å². The molecule has 21 heavy (non-hydrogen) atoms. The van der Waals surface area contributed by atoms with E-state index in [0.29, 0.717) is 24.2 Å². The van der Waals surface area contributed by atoms with Crippen LogP contribution in [0.15, 0.2) is 36.7 Å². The predicted molar refractivity (Wildman–Crippen MR) is 66.8 cm³/mol. The van der Waals surface area contributed by atoms with Crippen molar-refractivity contribution in [3.63, 3.8) is 0 Å². The van der Waals surface area contributed by atoms with Gasteiger partial charge in [0, 0.05) is 23.5 Å². The SMILES string of the molecule is O=Cc1ccc(C(=O)Nc2ncc(C(F)(F)F)cn2)cc1. The van der Waals surface area contributed by atoms with E-state index in [1.807, 2.05) is 0 Å². The molecule has 1 aromatic carbocycles. The van der Waals surface area contributed by atoms with Crippen LogP contribution in [0.2, 0.25) is 0 Å². The summed E-state index contributed by atoms with van der Waals surface area (Å²) in [5.74, 6) is -0.834. The van der Waals surface area contributed by atoms with Crippen molar-refractivity contribution in [2.45, 2.75) is 6.18 Å². The molecule has 1 N–H and O–H groups in total. The fraction of sp³-hybridized carbons (Fsp3) is 0.0769. The molecule has 0 radical (unpaired) electrons. The fourth-order valence-electron chi connectivity index (χ4n) is 1.43. The van der Waals surface area contributed by atoms with E-state index >= 15 is 0 Å². The Morgan fingerprint density at radius 2 is 1.67 bits per heavy atom. The minimum atomic E-state index is -4.53. The molecule has 0 unspecified atom stereocenters. The van der Waals surface area contributed by atoms with Gasteiger partial charge in [-0.15, -0.1) is 0 Å². The van der Waals surface area contributed by atoms with Gasteiger partial charge in [0.25, 0.3) is 5.91 Å². The Labute approximate surface area is 116 Å². The maximum absolute atomic E-state index is 12.3. The van der Waals surface area contributed by atoms with E-state index in [1.165, 1.54) is 24.3 Å². The van der Waals surface area contributed by atoms with Crippen LogP contribution in [0.25, 0.3) is 0 Å². The van der Waals surface area contributed by atoms with Gasteiger partial charge in [-0.3, -0.25) is 14.9 Å². The zero-order valence-corrected chi connectivity index (χ0v) is 10.4. The number of hydrogen-bond acceptors (Lipinski definition) is 4. The number of aromatic nitrogens is 2. The summed E-state index contributed by atoms with van der Waals surface area (Å²) in [5, 5.41) is 2.26. The molecular weight excluding hydrogens is 287 g/mol. The molecule has 5 nitrogen and oxygen atoms in total. The molecule has 0 fully saturated rings. The molecule has 2 aromatic rings. The first-order valence-electron chi connectivity index (χ1n) is 5.66. The molecule has 8 heteroatoms. The third-order valence-corrected chi connectivity index (χ3v) is 2.51. The second-order valence-electron chi connectivity index (χ2n) is 3.99. The van der Waals surface area contributed by atoms with Crippen LogP contribution in [-0.2, 0) is 6.18 Å². The number of amides is 1. The Kier molecular flexibility index (Phi) is 3.97. The Balaban J connectivity index is 2.10. The third-order valence-electron chi connectivity index (χ3n) is 2.51. The van der Waals surface area contributed by atoms with Crippen LogP contribution in [0.3, 0.4) is 0 Å². The number of halogens is 3. The van der Waals surface area contributed by atoms with Crippen LogP contribution in [0, 0.1) is 0 Å². The Bertz CT molecular complexity index is 652. The van der Waals surface area contributed by atoms with Gasteiger partial charge in [0.15, 0.2) is 0 Å². The van der Waals surface area contributed by atoms with Crippen LogP contribution in [-0.4, -0.2) is 22.2 Å². The highest BCUT2D eigenvalue weighted by molar-refractivity contribution is 6.03. The van der Waals surface area contributed by atoms with Crippen molar-refractivity contribution in [3.8, 4) is 0 Å². The summed E-state index contributed by atoms with van der Waals surface area (Å²) in [5.41, 5.74) is -0.378. The van der Waals surface area contributed by atoms with E-state index in [9.17, 15) is 22.8 Å². The first kappa shape index (κ1) is 14.6. The minimum absolute atomic E-state index is 0.226. The molecule has 0 bridgehead atoms. The van der Waals surface area contributed by atoms with Crippen molar-refractivity contribution < 1.29 is 22.8 Å². The molecule has 1 aromatic heterocycles. The third kappa shape index (κ3) is 3.62. The number of anilines is 1. The minimum Gasteiger partial charge on any atom is -0.298 e. The second-order valence-corrected chi connectivity index (χ2v) is 3.99. The number of carbonyl (C=O) groups excluding carboxylic acids is 2. The smallest absolute Gasteiger partial charge is 0.298 e. The van der Waals surface area contributed by atoms with Gasteiger partial charge >= 0.3 is 6.18 Å². The number of alkyl halides is 3. The van der Waals surface area contributed by atoms with Crippen LogP contribution in [0.1, 0.15) is 26.3 Å². The van der Waals surface area contributed by atoms with Gasteiger partial charge in [0.05, 0.1) is 5.56 Å². The van der Waals surface area contributed by atoms with E-state index in [-0.39, 0.29) is 11.5 Å². The topological polar surface area (TPSA) is 72.0 Å². The standard InChI is InChI=1S/C13H8F3N3O2/c14-13(15,16)10-5-17-12(18-6-10)19-11(21)9-3-1-8(7-20)2-4-9/h1-7H,(H,17,18,19,21). The highest BCUT2D eigenvalue weighted by Crippen LogP contribution is 2.28. The summed E-state index contributed by atoms with van der Waals surface area (Å²) >= 11 is 0. The summed E-state index contributed by atoms with van der Waals surface area (Å²) in [4.78, 5) is 29.1. The van der Waals surface area contributed by atoms with E-state index in [4.69, 9.17) is 0 Å². The Hall–Kier alpha value is -2.77. The number of carbonyl (C=O) groups is 2. The number of aldehydes is 1. The number of rotatable bonds is 3. The summed E-state index contributed by atoms with van der Waals surface area (Å²) in [6.07, 6.45) is -2.75. The van der Waals surface area contributed by atoms with Crippen molar-refractivity contribution in [3.05, 3.63) is 53.3 Å². The maximum Gasteiger partial charge on any atom is 0.419 e. The van der Waals surface area contributed by atoms with Gasteiger partial charge in [0.1, 0.15) is 6.29 Å². The average molecular weight is 295 g/mol. The van der Waals surface area contributed by atoms with E-state index < -0.39 is 17.6 Å². The zero-order valence-electron chi connectivity index (χ0n) is 10.4. The normalized spacial score (nSPS) is 11.0. The molecule has 108 valence electrons. The lowest BCUT2D eigenvalue weighted by Gasteiger charge is -2.07. The molecule has 0 saturated carbocycles. The van der Waals surface area contributed by atoms with Crippen LogP contribution in [0.4, 0.5) is 19.1 Å². The van der Waals surface area contributed by atoms with Gasteiger partial charge in [-0.25, -0.2) is 9.97 Å². The van der Waals surface area contributed by atoms with E-state index in [2.05, 4.69) is 15.3 Å². The van der Waals surface area contributed by atoms with Crippen LogP contribution >= 0.6 is 0 Å². The van der Waals surface area contributed by atoms with Gasteiger partial charge < -0.3 is 0 Å². The number of nitrogens with one attached hydrogen (secondary N) is 1. The van der Waals surface area contributed by atoms with Crippen molar-refractivity contribution in [2.75, 3.05) is 5.32 Å². The zero-order chi connectivity index (χ0) is 15.5. The summed E-state index contributed by atoms with van der Waals surface area (Å²) in [6, 6.07) is 5.69. The Morgan fingerprint density at radius 1 is 1.10 bits per heavy atom. The van der Waals surface area contributed by atoms with Gasteiger partial charge in [0.2, 0.25) is 5.95 Å². The number of hydrogen-bond donors (Lipinski definition) is 1. The van der Waals surface area contributed by atoms with Crippen molar-refractivity contribution in [2.24, 2.45) is 0 Å². The summed E-state index contributed by atoms with van der Waals surface area (Å²) < 4.78 is 37.0. The lowest BCUT2D eigenvalue weighted by molar-refractivity contribution is -0.138. The molecule has 0 saturated heterocycles. The highest BCUT2D eigenvalue weighted by Gasteiger charge is 2.31. The lowest BCUT2D eigenvalue weighted by Crippen LogP contribution is -2.15. The van der Waals surface area contributed by atoms with E-state index in [1.54, 1.807) is 0 Å². The largest absolute Gasteiger partial charge is 0.419 e.